The molecule has 1 saturated heterocycles. The van der Waals surface area contributed by atoms with Crippen LogP contribution in [0.15, 0.2) is 29.2 Å². The third kappa shape index (κ3) is 2.51. The largest absolute Gasteiger partial charge is 0.306 e. The molecule has 1 aromatic carbocycles. The lowest BCUT2D eigenvalue weighted by molar-refractivity contribution is 0.377. The van der Waals surface area contributed by atoms with Gasteiger partial charge in [0.1, 0.15) is 0 Å². The van der Waals surface area contributed by atoms with Crippen LogP contribution in [0.2, 0.25) is 0 Å². The molecule has 0 spiro atoms. The smallest absolute Gasteiger partial charge is 0.0342 e. The van der Waals surface area contributed by atoms with Crippen LogP contribution < -0.4 is 5.32 Å². The van der Waals surface area contributed by atoms with Crippen molar-refractivity contribution >= 4 is 11.8 Å². The number of likely N-dealkylation sites (tertiary alicyclic amines) is 1. The fraction of sp³-hybridized carbons (Fsp3) is 0.571. The minimum atomic E-state index is 0.573. The minimum absolute atomic E-state index is 0.573. The van der Waals surface area contributed by atoms with E-state index < -0.39 is 0 Å². The highest BCUT2D eigenvalue weighted by Gasteiger charge is 2.26. The molecule has 2 aliphatic heterocycles. The number of rotatable bonds is 2. The van der Waals surface area contributed by atoms with Crippen LogP contribution in [0.3, 0.4) is 0 Å². The molecule has 3 rings (SSSR count). The van der Waals surface area contributed by atoms with Crippen molar-refractivity contribution in [2.75, 3.05) is 25.9 Å². The zero-order chi connectivity index (χ0) is 11.7. The van der Waals surface area contributed by atoms with Crippen molar-refractivity contribution in [1.29, 1.82) is 0 Å². The molecule has 92 valence electrons. The molecule has 0 aliphatic carbocycles. The molecule has 1 aromatic rings. The summed E-state index contributed by atoms with van der Waals surface area (Å²) in [6.45, 7) is 2.44. The molecule has 0 aromatic heterocycles. The number of nitrogens with zero attached hydrogens (tertiary/aromatic N) is 1. The summed E-state index contributed by atoms with van der Waals surface area (Å²) in [4.78, 5) is 3.89. The van der Waals surface area contributed by atoms with Gasteiger partial charge in [-0.05, 0) is 43.8 Å². The van der Waals surface area contributed by atoms with Crippen LogP contribution in [0, 0.1) is 0 Å². The summed E-state index contributed by atoms with van der Waals surface area (Å²) in [5.41, 5.74) is 1.51. The van der Waals surface area contributed by atoms with Gasteiger partial charge < -0.3 is 10.2 Å². The van der Waals surface area contributed by atoms with Gasteiger partial charge >= 0.3 is 0 Å². The molecule has 2 atom stereocenters. The molecular weight excluding hydrogens is 228 g/mol. The number of thioether (sulfide) groups is 1. The highest BCUT2D eigenvalue weighted by atomic mass is 32.2. The molecule has 1 N–H and O–H groups in total. The van der Waals surface area contributed by atoms with Gasteiger partial charge in [0.15, 0.2) is 0 Å². The van der Waals surface area contributed by atoms with Gasteiger partial charge in [0.25, 0.3) is 0 Å². The van der Waals surface area contributed by atoms with E-state index in [-0.39, 0.29) is 0 Å². The van der Waals surface area contributed by atoms with E-state index in [1.165, 1.54) is 42.1 Å². The molecule has 2 unspecified atom stereocenters. The second-order valence-electron chi connectivity index (χ2n) is 5.14. The monoisotopic (exact) mass is 248 g/mol. The summed E-state index contributed by atoms with van der Waals surface area (Å²) in [5, 5.41) is 3.85. The lowest BCUT2D eigenvalue weighted by Gasteiger charge is -2.28. The Kier molecular flexibility index (Phi) is 3.41. The van der Waals surface area contributed by atoms with Gasteiger partial charge in [-0.1, -0.05) is 18.2 Å². The molecule has 3 heteroatoms. The summed E-state index contributed by atoms with van der Waals surface area (Å²) in [6, 6.07) is 10.1. The average molecular weight is 248 g/mol. The first-order valence-electron chi connectivity index (χ1n) is 6.49. The van der Waals surface area contributed by atoms with Crippen LogP contribution in [0.1, 0.15) is 24.4 Å². The number of fused-ring (bicyclic) bond motifs is 1. The predicted octanol–water partition coefficient (Wildman–Crippen LogP) is 2.52. The maximum Gasteiger partial charge on any atom is 0.0342 e. The Morgan fingerprint density at radius 2 is 2.18 bits per heavy atom. The highest BCUT2D eigenvalue weighted by molar-refractivity contribution is 7.99. The lowest BCUT2D eigenvalue weighted by Crippen LogP contribution is -2.36. The topological polar surface area (TPSA) is 15.3 Å². The Morgan fingerprint density at radius 3 is 3.00 bits per heavy atom. The third-order valence-corrected chi connectivity index (χ3v) is 4.91. The van der Waals surface area contributed by atoms with Crippen LogP contribution in [0.25, 0.3) is 0 Å². The molecule has 0 saturated carbocycles. The van der Waals surface area contributed by atoms with Crippen LogP contribution in [-0.2, 0) is 0 Å². The summed E-state index contributed by atoms with van der Waals surface area (Å²) >= 11 is 2.00. The Balaban J connectivity index is 1.72. The maximum atomic E-state index is 3.85. The van der Waals surface area contributed by atoms with Crippen molar-refractivity contribution in [2.45, 2.75) is 29.8 Å². The minimum Gasteiger partial charge on any atom is -0.306 e. The standard InChI is InChI=1S/C14H20N2S/c1-16-8-6-11(10-16)15-13-7-9-17-14-5-3-2-4-12(13)14/h2-5,11,13,15H,6-10H2,1H3. The third-order valence-electron chi connectivity index (χ3n) is 3.79. The molecule has 0 bridgehead atoms. The molecule has 2 aliphatic rings. The second kappa shape index (κ2) is 5.01. The molecular formula is C14H20N2S. The SMILES string of the molecule is CN1CCC(NC2CCSc3ccccc32)C1. The van der Waals surface area contributed by atoms with E-state index >= 15 is 0 Å². The normalized spacial score (nSPS) is 29.2. The van der Waals surface area contributed by atoms with E-state index in [0.717, 1.165) is 0 Å². The van der Waals surface area contributed by atoms with E-state index in [2.05, 4.69) is 41.5 Å². The van der Waals surface area contributed by atoms with Gasteiger partial charge in [0, 0.05) is 23.5 Å². The van der Waals surface area contributed by atoms with Gasteiger partial charge in [-0.2, -0.15) is 0 Å². The van der Waals surface area contributed by atoms with Crippen molar-refractivity contribution in [3.63, 3.8) is 0 Å². The van der Waals surface area contributed by atoms with Crippen molar-refractivity contribution < 1.29 is 0 Å². The van der Waals surface area contributed by atoms with Gasteiger partial charge in [0.2, 0.25) is 0 Å². The number of hydrogen-bond acceptors (Lipinski definition) is 3. The molecule has 2 heterocycles. The fourth-order valence-electron chi connectivity index (χ4n) is 2.87. The summed E-state index contributed by atoms with van der Waals surface area (Å²) in [5.74, 6) is 1.25. The number of nitrogens with one attached hydrogen (secondary N) is 1. The Labute approximate surface area is 108 Å². The van der Waals surface area contributed by atoms with Gasteiger partial charge in [-0.3, -0.25) is 0 Å². The number of benzene rings is 1. The molecule has 1 fully saturated rings. The number of likely N-dealkylation sites (N-methyl/N-ethyl adjacent to an activating group) is 1. The first-order chi connectivity index (χ1) is 8.33. The molecule has 2 nitrogen and oxygen atoms in total. The lowest BCUT2D eigenvalue weighted by atomic mass is 10.0. The average Bonchev–Trinajstić information content (AvgIpc) is 2.75. The van der Waals surface area contributed by atoms with Crippen molar-refractivity contribution in [3.8, 4) is 0 Å². The van der Waals surface area contributed by atoms with Crippen molar-refractivity contribution in [2.24, 2.45) is 0 Å². The Bertz CT molecular complexity index is 394. The zero-order valence-corrected chi connectivity index (χ0v) is 11.2. The molecule has 0 amide bonds. The van der Waals surface area contributed by atoms with E-state index in [0.29, 0.717) is 12.1 Å². The second-order valence-corrected chi connectivity index (χ2v) is 6.28. The van der Waals surface area contributed by atoms with Gasteiger partial charge in [0.05, 0.1) is 0 Å². The van der Waals surface area contributed by atoms with E-state index in [1.54, 1.807) is 0 Å². The van der Waals surface area contributed by atoms with Crippen LogP contribution in [0.4, 0.5) is 0 Å². The summed E-state index contributed by atoms with van der Waals surface area (Å²) < 4.78 is 0. The van der Waals surface area contributed by atoms with Gasteiger partial charge in [-0.15, -0.1) is 11.8 Å². The predicted molar refractivity (Wildman–Crippen MR) is 73.6 cm³/mol. The van der Waals surface area contributed by atoms with E-state index in [1.807, 2.05) is 11.8 Å². The maximum absolute atomic E-state index is 3.85. The van der Waals surface area contributed by atoms with Gasteiger partial charge in [-0.25, -0.2) is 0 Å². The quantitative estimate of drug-likeness (QED) is 0.866. The van der Waals surface area contributed by atoms with Crippen LogP contribution in [0.5, 0.6) is 0 Å². The summed E-state index contributed by atoms with van der Waals surface area (Å²) in [7, 11) is 2.21. The fourth-order valence-corrected chi connectivity index (χ4v) is 4.00. The highest BCUT2D eigenvalue weighted by Crippen LogP contribution is 2.36. The zero-order valence-electron chi connectivity index (χ0n) is 10.4. The van der Waals surface area contributed by atoms with E-state index in [4.69, 9.17) is 0 Å². The van der Waals surface area contributed by atoms with Crippen molar-refractivity contribution in [1.82, 2.24) is 10.2 Å². The summed E-state index contributed by atoms with van der Waals surface area (Å²) in [6.07, 6.45) is 2.56. The molecule has 0 radical (unpaired) electrons. The first kappa shape index (κ1) is 11.6. The van der Waals surface area contributed by atoms with Crippen LogP contribution >= 0.6 is 11.8 Å². The first-order valence-corrected chi connectivity index (χ1v) is 7.48. The van der Waals surface area contributed by atoms with E-state index in [9.17, 15) is 0 Å². The molecule has 17 heavy (non-hydrogen) atoms. The number of hydrogen-bond donors (Lipinski definition) is 1. The van der Waals surface area contributed by atoms with Crippen molar-refractivity contribution in [3.05, 3.63) is 29.8 Å². The Morgan fingerprint density at radius 1 is 1.29 bits per heavy atom. The van der Waals surface area contributed by atoms with Crippen LogP contribution in [-0.4, -0.2) is 36.8 Å². The Hall–Kier alpha value is -0.510.